The number of nitrogens with zero attached hydrogens (tertiary/aromatic N) is 6. The number of hydrogen-bond acceptors (Lipinski definition) is 8. The van der Waals surface area contributed by atoms with Crippen molar-refractivity contribution >= 4 is 17.6 Å². The van der Waals surface area contributed by atoms with Crippen molar-refractivity contribution in [3.8, 4) is 5.75 Å². The fourth-order valence-corrected chi connectivity index (χ4v) is 5.25. The van der Waals surface area contributed by atoms with Crippen LogP contribution in [0.2, 0.25) is 0 Å². The molecule has 182 valence electrons. The first-order valence-corrected chi connectivity index (χ1v) is 12.5. The van der Waals surface area contributed by atoms with Gasteiger partial charge in [0.15, 0.2) is 5.82 Å². The first-order chi connectivity index (χ1) is 17.2. The average Bonchev–Trinajstić information content (AvgIpc) is 3.25. The molecule has 1 N–H and O–H groups in total. The Morgan fingerprint density at radius 1 is 0.857 bits per heavy atom. The molecule has 0 radical (unpaired) electrons. The Hall–Kier alpha value is -3.36. The van der Waals surface area contributed by atoms with Crippen LogP contribution in [0, 0.1) is 0 Å². The maximum absolute atomic E-state index is 5.35. The molecule has 35 heavy (non-hydrogen) atoms. The number of nitrogens with one attached hydrogen (secondary N) is 1. The summed E-state index contributed by atoms with van der Waals surface area (Å²) in [6.45, 7) is 6.50. The summed E-state index contributed by atoms with van der Waals surface area (Å²) in [7, 11) is 3.88. The van der Waals surface area contributed by atoms with E-state index in [0.29, 0.717) is 0 Å². The molecule has 0 bridgehead atoms. The van der Waals surface area contributed by atoms with Crippen LogP contribution in [-0.4, -0.2) is 61.7 Å². The molecule has 6 rings (SSSR count). The third-order valence-electron chi connectivity index (χ3n) is 7.30. The smallest absolute Gasteiger partial charge is 0.229 e. The molecule has 0 aliphatic carbocycles. The number of hydrazine groups is 1. The molecular formula is C27H33N7O. The molecule has 4 heterocycles. The lowest BCUT2D eigenvalue weighted by molar-refractivity contribution is 0.311. The van der Waals surface area contributed by atoms with E-state index in [1.54, 1.807) is 7.11 Å². The third kappa shape index (κ3) is 4.39. The van der Waals surface area contributed by atoms with Gasteiger partial charge in [0, 0.05) is 39.3 Å². The van der Waals surface area contributed by atoms with Crippen LogP contribution in [-0.2, 0) is 13.1 Å². The van der Waals surface area contributed by atoms with E-state index >= 15 is 0 Å². The van der Waals surface area contributed by atoms with Crippen molar-refractivity contribution in [1.29, 1.82) is 0 Å². The number of aromatic nitrogens is 2. The van der Waals surface area contributed by atoms with E-state index in [1.165, 1.54) is 16.7 Å². The second-order valence-corrected chi connectivity index (χ2v) is 9.69. The molecule has 8 nitrogen and oxygen atoms in total. The van der Waals surface area contributed by atoms with Gasteiger partial charge in [-0.1, -0.05) is 42.5 Å². The number of likely N-dealkylation sites (N-methyl/N-ethyl adjacent to an activating group) is 1. The number of piperazine rings is 1. The molecule has 0 spiro atoms. The van der Waals surface area contributed by atoms with Gasteiger partial charge in [-0.05, 0) is 36.7 Å². The first kappa shape index (κ1) is 22.1. The van der Waals surface area contributed by atoms with Crippen molar-refractivity contribution in [2.75, 3.05) is 61.7 Å². The summed E-state index contributed by atoms with van der Waals surface area (Å²) in [5, 5.41) is 2.23. The van der Waals surface area contributed by atoms with E-state index in [-0.39, 0.29) is 6.04 Å². The van der Waals surface area contributed by atoms with Crippen LogP contribution in [0.1, 0.15) is 29.2 Å². The zero-order valence-electron chi connectivity index (χ0n) is 20.5. The summed E-state index contributed by atoms with van der Waals surface area (Å²) >= 11 is 0. The standard InChI is InChI=1S/C27H33N7O/c1-31-14-16-32(17-15-31)27-28-25-24-23(12-13-33(25)18-21-8-10-22(35-2)11-9-21)30-34(26(24)29-27)19-20-6-4-3-5-7-20/h3-11,23,30H,12-19H2,1-2H3. The van der Waals surface area contributed by atoms with Crippen LogP contribution in [0.5, 0.6) is 5.75 Å². The lowest BCUT2D eigenvalue weighted by Gasteiger charge is -2.35. The Balaban J connectivity index is 1.36. The highest BCUT2D eigenvalue weighted by atomic mass is 16.5. The van der Waals surface area contributed by atoms with Crippen molar-refractivity contribution in [3.05, 3.63) is 71.3 Å². The zero-order valence-corrected chi connectivity index (χ0v) is 20.5. The van der Waals surface area contributed by atoms with E-state index in [2.05, 4.69) is 74.6 Å². The lowest BCUT2D eigenvalue weighted by atomic mass is 10.0. The fourth-order valence-electron chi connectivity index (χ4n) is 5.25. The molecule has 1 unspecified atom stereocenters. The largest absolute Gasteiger partial charge is 0.497 e. The van der Waals surface area contributed by atoms with Gasteiger partial charge in [0.05, 0.1) is 25.3 Å². The molecule has 0 amide bonds. The number of methoxy groups -OCH3 is 1. The summed E-state index contributed by atoms with van der Waals surface area (Å²) in [5.74, 6) is 3.82. The second-order valence-electron chi connectivity index (χ2n) is 9.69. The molecule has 8 heteroatoms. The summed E-state index contributed by atoms with van der Waals surface area (Å²) in [4.78, 5) is 17.5. The Labute approximate surface area is 207 Å². The molecule has 2 aromatic carbocycles. The molecule has 3 aromatic rings. The molecule has 0 saturated carbocycles. The second kappa shape index (κ2) is 9.36. The van der Waals surface area contributed by atoms with Crippen molar-refractivity contribution in [1.82, 2.24) is 20.3 Å². The van der Waals surface area contributed by atoms with Crippen LogP contribution in [0.15, 0.2) is 54.6 Å². The van der Waals surface area contributed by atoms with Gasteiger partial charge in [0.1, 0.15) is 11.6 Å². The summed E-state index contributed by atoms with van der Waals surface area (Å²) in [6, 6.07) is 19.2. The maximum atomic E-state index is 5.35. The Morgan fingerprint density at radius 2 is 1.57 bits per heavy atom. The maximum Gasteiger partial charge on any atom is 0.229 e. The SMILES string of the molecule is COc1ccc(CN2CCC3NN(Cc4ccccc4)c4nc(N5CCN(C)CC5)nc2c43)cc1. The fraction of sp³-hybridized carbons (Fsp3) is 0.407. The van der Waals surface area contributed by atoms with E-state index in [1.807, 2.05) is 12.1 Å². The lowest BCUT2D eigenvalue weighted by Crippen LogP contribution is -2.45. The van der Waals surface area contributed by atoms with Gasteiger partial charge in [-0.2, -0.15) is 9.97 Å². The minimum atomic E-state index is 0.248. The average molecular weight is 472 g/mol. The Bertz CT molecular complexity index is 1160. The quantitative estimate of drug-likeness (QED) is 0.588. The van der Waals surface area contributed by atoms with Crippen LogP contribution >= 0.6 is 0 Å². The van der Waals surface area contributed by atoms with Gasteiger partial charge < -0.3 is 19.4 Å². The molecule has 1 fully saturated rings. The van der Waals surface area contributed by atoms with Gasteiger partial charge >= 0.3 is 0 Å². The van der Waals surface area contributed by atoms with Gasteiger partial charge in [0.2, 0.25) is 5.95 Å². The monoisotopic (exact) mass is 471 g/mol. The molecule has 3 aliphatic heterocycles. The van der Waals surface area contributed by atoms with Crippen LogP contribution < -0.4 is 25.0 Å². The van der Waals surface area contributed by atoms with Gasteiger partial charge in [0.25, 0.3) is 0 Å². The highest BCUT2D eigenvalue weighted by molar-refractivity contribution is 5.69. The van der Waals surface area contributed by atoms with E-state index in [0.717, 1.165) is 75.6 Å². The molecule has 1 atom stereocenters. The highest BCUT2D eigenvalue weighted by Crippen LogP contribution is 2.44. The molecular weight excluding hydrogens is 438 g/mol. The minimum absolute atomic E-state index is 0.248. The van der Waals surface area contributed by atoms with E-state index in [4.69, 9.17) is 14.7 Å². The van der Waals surface area contributed by atoms with Crippen LogP contribution in [0.3, 0.4) is 0 Å². The topological polar surface area (TPSA) is 60.0 Å². The normalized spacial score (nSPS) is 19.7. The Kier molecular flexibility index (Phi) is 5.91. The van der Waals surface area contributed by atoms with Crippen molar-refractivity contribution in [3.63, 3.8) is 0 Å². The van der Waals surface area contributed by atoms with Gasteiger partial charge in [-0.3, -0.25) is 5.01 Å². The number of anilines is 3. The third-order valence-corrected chi connectivity index (χ3v) is 7.30. The van der Waals surface area contributed by atoms with Crippen LogP contribution in [0.4, 0.5) is 17.6 Å². The number of ether oxygens (including phenoxy) is 1. The molecule has 3 aliphatic rings. The van der Waals surface area contributed by atoms with E-state index in [9.17, 15) is 0 Å². The van der Waals surface area contributed by atoms with E-state index < -0.39 is 0 Å². The number of hydrogen-bond donors (Lipinski definition) is 1. The van der Waals surface area contributed by atoms with Crippen molar-refractivity contribution < 1.29 is 4.74 Å². The predicted molar refractivity (Wildman–Crippen MR) is 139 cm³/mol. The molecule has 1 saturated heterocycles. The van der Waals surface area contributed by atoms with Gasteiger partial charge in [-0.15, -0.1) is 0 Å². The van der Waals surface area contributed by atoms with Crippen molar-refractivity contribution in [2.45, 2.75) is 25.6 Å². The summed E-state index contributed by atoms with van der Waals surface area (Å²) in [5.41, 5.74) is 7.50. The van der Waals surface area contributed by atoms with Crippen LogP contribution in [0.25, 0.3) is 0 Å². The predicted octanol–water partition coefficient (Wildman–Crippen LogP) is 3.21. The summed E-state index contributed by atoms with van der Waals surface area (Å²) in [6.07, 6.45) is 1.03. The van der Waals surface area contributed by atoms with Gasteiger partial charge in [-0.25, -0.2) is 5.43 Å². The minimum Gasteiger partial charge on any atom is -0.497 e. The summed E-state index contributed by atoms with van der Waals surface area (Å²) < 4.78 is 5.35. The molecule has 1 aromatic heterocycles. The zero-order chi connectivity index (χ0) is 23.8. The number of benzene rings is 2. The van der Waals surface area contributed by atoms with Crippen molar-refractivity contribution in [2.24, 2.45) is 0 Å². The first-order valence-electron chi connectivity index (χ1n) is 12.5. The Morgan fingerprint density at radius 3 is 2.31 bits per heavy atom. The number of rotatable bonds is 6. The highest BCUT2D eigenvalue weighted by Gasteiger charge is 2.39.